The smallest absolute Gasteiger partial charge is 0.126 e. The predicted octanol–water partition coefficient (Wildman–Crippen LogP) is 4.01. The largest absolute Gasteiger partial charge is 0.489 e. The van der Waals surface area contributed by atoms with Gasteiger partial charge in [0.15, 0.2) is 0 Å². The second-order valence-electron chi connectivity index (χ2n) is 2.67. The molecule has 14 heavy (non-hydrogen) atoms. The molecule has 0 spiro atoms. The van der Waals surface area contributed by atoms with Crippen molar-refractivity contribution in [1.29, 1.82) is 0 Å². The maximum absolute atomic E-state index is 5.46. The van der Waals surface area contributed by atoms with Crippen LogP contribution in [0, 0.1) is 0 Å². The Kier molecular flexibility index (Phi) is 6.55. The van der Waals surface area contributed by atoms with Crippen LogP contribution in [-0.4, -0.2) is 6.61 Å². The van der Waals surface area contributed by atoms with Crippen molar-refractivity contribution in [3.05, 3.63) is 48.3 Å². The van der Waals surface area contributed by atoms with Crippen LogP contribution in [0.1, 0.15) is 27.2 Å². The first-order chi connectivity index (χ1) is 6.81. The number of hydrogen-bond donors (Lipinski definition) is 0. The highest BCUT2D eigenvalue weighted by atomic mass is 16.5. The Hall–Kier alpha value is -1.24. The van der Waals surface area contributed by atoms with Gasteiger partial charge in [-0.15, -0.1) is 0 Å². The summed E-state index contributed by atoms with van der Waals surface area (Å²) < 4.78 is 5.46. The molecule has 1 rings (SSSR count). The average molecular weight is 192 g/mol. The third kappa shape index (κ3) is 3.25. The lowest BCUT2D eigenvalue weighted by molar-refractivity contribution is 0.243. The number of allylic oxidation sites excluding steroid dienone is 4. The van der Waals surface area contributed by atoms with Gasteiger partial charge in [0.2, 0.25) is 0 Å². The minimum atomic E-state index is 0.690. The second-order valence-corrected chi connectivity index (χ2v) is 2.67. The molecule has 0 atom stereocenters. The molecule has 1 heterocycles. The van der Waals surface area contributed by atoms with Crippen LogP contribution in [-0.2, 0) is 4.74 Å². The maximum Gasteiger partial charge on any atom is 0.126 e. The number of hydrogen-bond acceptors (Lipinski definition) is 1. The van der Waals surface area contributed by atoms with Crippen molar-refractivity contribution in [2.75, 3.05) is 6.61 Å². The van der Waals surface area contributed by atoms with Crippen molar-refractivity contribution >= 4 is 0 Å². The van der Waals surface area contributed by atoms with Crippen LogP contribution >= 0.6 is 0 Å². The highest BCUT2D eigenvalue weighted by molar-refractivity contribution is 5.40. The molecule has 0 saturated carbocycles. The Morgan fingerprint density at radius 3 is 2.43 bits per heavy atom. The van der Waals surface area contributed by atoms with Crippen molar-refractivity contribution in [2.45, 2.75) is 27.2 Å². The van der Waals surface area contributed by atoms with E-state index >= 15 is 0 Å². The van der Waals surface area contributed by atoms with Crippen LogP contribution in [0.5, 0.6) is 0 Å². The minimum absolute atomic E-state index is 0.690. The van der Waals surface area contributed by atoms with Crippen LogP contribution in [0.3, 0.4) is 0 Å². The van der Waals surface area contributed by atoms with Gasteiger partial charge in [-0.25, -0.2) is 0 Å². The third-order valence-corrected chi connectivity index (χ3v) is 1.92. The van der Waals surface area contributed by atoms with Crippen molar-refractivity contribution < 1.29 is 4.74 Å². The van der Waals surface area contributed by atoms with Crippen LogP contribution in [0.4, 0.5) is 0 Å². The van der Waals surface area contributed by atoms with E-state index in [9.17, 15) is 0 Å². The highest BCUT2D eigenvalue weighted by Gasteiger charge is 2.08. The summed E-state index contributed by atoms with van der Waals surface area (Å²) in [4.78, 5) is 0. The fourth-order valence-corrected chi connectivity index (χ4v) is 1.13. The molecule has 1 aliphatic heterocycles. The molecular weight excluding hydrogens is 172 g/mol. The molecule has 0 aliphatic carbocycles. The van der Waals surface area contributed by atoms with Gasteiger partial charge in [0.05, 0.1) is 0 Å². The fourth-order valence-electron chi connectivity index (χ4n) is 1.13. The third-order valence-electron chi connectivity index (χ3n) is 1.92. The topological polar surface area (TPSA) is 9.23 Å². The molecule has 1 nitrogen and oxygen atoms in total. The summed E-state index contributed by atoms with van der Waals surface area (Å²) in [6.07, 6.45) is 6.67. The summed E-state index contributed by atoms with van der Waals surface area (Å²) in [7, 11) is 0. The van der Waals surface area contributed by atoms with Crippen LogP contribution < -0.4 is 0 Å². The summed E-state index contributed by atoms with van der Waals surface area (Å²) in [5, 5.41) is 0. The standard InChI is InChI=1S/C11H14O.C2H6/c1-4-9-7-10(5-2)11(6-3)12-8-9;1-2/h5-7H,2-4,8H2,1H3;1-2H3. The van der Waals surface area contributed by atoms with E-state index < -0.39 is 0 Å². The van der Waals surface area contributed by atoms with E-state index in [4.69, 9.17) is 4.74 Å². The van der Waals surface area contributed by atoms with Crippen molar-refractivity contribution in [1.82, 2.24) is 0 Å². The summed E-state index contributed by atoms with van der Waals surface area (Å²) in [6.45, 7) is 14.2. The van der Waals surface area contributed by atoms with Gasteiger partial charge < -0.3 is 4.74 Å². The molecule has 1 aliphatic rings. The molecular formula is C13H20O. The Labute approximate surface area is 87.5 Å². The monoisotopic (exact) mass is 192 g/mol. The van der Waals surface area contributed by atoms with Crippen LogP contribution in [0.25, 0.3) is 0 Å². The Morgan fingerprint density at radius 2 is 2.00 bits per heavy atom. The lowest BCUT2D eigenvalue weighted by Crippen LogP contribution is -2.04. The van der Waals surface area contributed by atoms with E-state index in [0.29, 0.717) is 6.61 Å². The van der Waals surface area contributed by atoms with E-state index in [2.05, 4.69) is 26.2 Å². The van der Waals surface area contributed by atoms with Gasteiger partial charge in [0, 0.05) is 5.57 Å². The van der Waals surface area contributed by atoms with Crippen LogP contribution in [0.15, 0.2) is 48.3 Å². The van der Waals surface area contributed by atoms with Crippen molar-refractivity contribution in [3.63, 3.8) is 0 Å². The second kappa shape index (κ2) is 7.19. The first-order valence-corrected chi connectivity index (χ1v) is 5.13. The fraction of sp³-hybridized carbons (Fsp3) is 0.385. The Balaban J connectivity index is 0.000000791. The molecule has 78 valence electrons. The summed E-state index contributed by atoms with van der Waals surface area (Å²) in [6, 6.07) is 0. The zero-order chi connectivity index (χ0) is 11.0. The molecule has 0 bridgehead atoms. The molecule has 1 heteroatoms. The number of rotatable bonds is 3. The first kappa shape index (κ1) is 12.8. The van der Waals surface area contributed by atoms with E-state index in [1.165, 1.54) is 5.57 Å². The SMILES string of the molecule is C=CC1=C(C=C)OCC(CC)=C1.CC. The van der Waals surface area contributed by atoms with Gasteiger partial charge in [0.25, 0.3) is 0 Å². The van der Waals surface area contributed by atoms with Gasteiger partial charge in [-0.3, -0.25) is 0 Å². The normalized spacial score (nSPS) is 14.6. The summed E-state index contributed by atoms with van der Waals surface area (Å²) in [5.41, 5.74) is 2.34. The zero-order valence-corrected chi connectivity index (χ0v) is 9.47. The summed E-state index contributed by atoms with van der Waals surface area (Å²) >= 11 is 0. The summed E-state index contributed by atoms with van der Waals surface area (Å²) in [5.74, 6) is 0.835. The highest BCUT2D eigenvalue weighted by Crippen LogP contribution is 2.20. The van der Waals surface area contributed by atoms with Crippen molar-refractivity contribution in [2.24, 2.45) is 0 Å². The molecule has 0 aromatic carbocycles. The molecule has 0 amide bonds. The molecule has 0 aromatic rings. The molecule has 0 saturated heterocycles. The zero-order valence-electron chi connectivity index (χ0n) is 9.47. The first-order valence-electron chi connectivity index (χ1n) is 5.13. The molecule has 0 N–H and O–H groups in total. The quantitative estimate of drug-likeness (QED) is 0.656. The molecule has 0 fully saturated rings. The lowest BCUT2D eigenvalue weighted by Gasteiger charge is -2.16. The molecule has 0 unspecified atom stereocenters. The van der Waals surface area contributed by atoms with Crippen molar-refractivity contribution in [3.8, 4) is 0 Å². The van der Waals surface area contributed by atoms with E-state index in [1.807, 2.05) is 13.8 Å². The average Bonchev–Trinajstić information content (AvgIpc) is 2.30. The van der Waals surface area contributed by atoms with Gasteiger partial charge in [-0.2, -0.15) is 0 Å². The van der Waals surface area contributed by atoms with E-state index in [0.717, 1.165) is 17.8 Å². The lowest BCUT2D eigenvalue weighted by atomic mass is 10.1. The minimum Gasteiger partial charge on any atom is -0.489 e. The van der Waals surface area contributed by atoms with E-state index in [1.54, 1.807) is 12.2 Å². The predicted molar refractivity (Wildman–Crippen MR) is 63.1 cm³/mol. The Morgan fingerprint density at radius 1 is 1.36 bits per heavy atom. The maximum atomic E-state index is 5.46. The van der Waals surface area contributed by atoms with Gasteiger partial charge >= 0.3 is 0 Å². The molecule has 0 radical (unpaired) electrons. The number of ether oxygens (including phenoxy) is 1. The Bertz CT molecular complexity index is 256. The van der Waals surface area contributed by atoms with Gasteiger partial charge in [-0.1, -0.05) is 40.0 Å². The van der Waals surface area contributed by atoms with Crippen LogP contribution in [0.2, 0.25) is 0 Å². The van der Waals surface area contributed by atoms with E-state index in [-0.39, 0.29) is 0 Å². The molecule has 0 aromatic heterocycles. The van der Waals surface area contributed by atoms with Gasteiger partial charge in [-0.05, 0) is 24.1 Å². The van der Waals surface area contributed by atoms with Gasteiger partial charge in [0.1, 0.15) is 12.4 Å².